The normalized spacial score (nSPS) is 48.2. The number of carbonyl (C=O) groups is 2. The van der Waals surface area contributed by atoms with Crippen molar-refractivity contribution >= 4 is 11.8 Å². The maximum Gasteiger partial charge on any atom is 0.330 e. The second-order valence-electron chi connectivity index (χ2n) is 10.5. The van der Waals surface area contributed by atoms with Gasteiger partial charge in [0, 0.05) is 18.4 Å². The monoisotopic (exact) mass is 386 g/mol. The van der Waals surface area contributed by atoms with Crippen molar-refractivity contribution in [3.05, 3.63) is 23.8 Å². The van der Waals surface area contributed by atoms with Gasteiger partial charge in [-0.25, -0.2) is 4.79 Å². The first kappa shape index (κ1) is 19.9. The molecule has 1 N–H and O–H groups in total. The summed E-state index contributed by atoms with van der Waals surface area (Å²) < 4.78 is 4.72. The highest BCUT2D eigenvalue weighted by molar-refractivity contribution is 5.85. The summed E-state index contributed by atoms with van der Waals surface area (Å²) in [4.78, 5) is 25.0. The second-order valence-corrected chi connectivity index (χ2v) is 10.5. The van der Waals surface area contributed by atoms with Crippen LogP contribution >= 0.6 is 0 Å². The Kier molecular flexibility index (Phi) is 4.46. The van der Waals surface area contributed by atoms with Crippen LogP contribution in [0.15, 0.2) is 23.8 Å². The molecule has 4 heteroatoms. The summed E-state index contributed by atoms with van der Waals surface area (Å²) in [5.41, 5.74) is 0.456. The van der Waals surface area contributed by atoms with Crippen LogP contribution in [-0.4, -0.2) is 29.6 Å². The third-order valence-electron chi connectivity index (χ3n) is 9.05. The van der Waals surface area contributed by atoms with E-state index in [-0.39, 0.29) is 34.6 Å². The van der Waals surface area contributed by atoms with Crippen molar-refractivity contribution < 1.29 is 19.4 Å². The fraction of sp³-hybridized carbons (Fsp3) is 0.750. The number of methoxy groups -OCH3 is 1. The lowest BCUT2D eigenvalue weighted by Gasteiger charge is -2.48. The molecule has 1 unspecified atom stereocenters. The fourth-order valence-electron chi connectivity index (χ4n) is 7.79. The first-order valence-electron chi connectivity index (χ1n) is 10.8. The summed E-state index contributed by atoms with van der Waals surface area (Å²) in [6.07, 6.45) is 10.0. The van der Waals surface area contributed by atoms with Crippen LogP contribution in [0.2, 0.25) is 0 Å². The number of rotatable bonds is 3. The zero-order chi connectivity index (χ0) is 20.5. The van der Waals surface area contributed by atoms with Crippen LogP contribution < -0.4 is 0 Å². The van der Waals surface area contributed by atoms with Gasteiger partial charge >= 0.3 is 5.97 Å². The van der Waals surface area contributed by atoms with Crippen molar-refractivity contribution in [1.29, 1.82) is 0 Å². The number of esters is 1. The van der Waals surface area contributed by atoms with E-state index in [0.29, 0.717) is 24.0 Å². The molecule has 0 amide bonds. The zero-order valence-corrected chi connectivity index (χ0v) is 17.8. The summed E-state index contributed by atoms with van der Waals surface area (Å²) in [5, 5.41) is 11.0. The van der Waals surface area contributed by atoms with Gasteiger partial charge in [-0.05, 0) is 67.1 Å². The lowest BCUT2D eigenvalue weighted by Crippen LogP contribution is -2.47. The van der Waals surface area contributed by atoms with Crippen molar-refractivity contribution in [3.63, 3.8) is 0 Å². The lowest BCUT2D eigenvalue weighted by atomic mass is 9.55. The molecule has 4 aliphatic carbocycles. The number of ether oxygens (including phenoxy) is 1. The molecular weight excluding hydrogens is 352 g/mol. The van der Waals surface area contributed by atoms with Crippen molar-refractivity contribution in [2.24, 2.45) is 40.4 Å². The van der Waals surface area contributed by atoms with Gasteiger partial charge in [0.25, 0.3) is 0 Å². The van der Waals surface area contributed by atoms with Crippen LogP contribution in [0.5, 0.6) is 0 Å². The molecule has 0 heterocycles. The molecule has 4 aliphatic rings. The quantitative estimate of drug-likeness (QED) is 0.451. The van der Waals surface area contributed by atoms with Crippen LogP contribution in [0.25, 0.3) is 0 Å². The number of aliphatic hydroxyl groups is 1. The number of hydrogen-bond donors (Lipinski definition) is 1. The van der Waals surface area contributed by atoms with Crippen molar-refractivity contribution in [2.75, 3.05) is 7.11 Å². The summed E-state index contributed by atoms with van der Waals surface area (Å²) in [5.74, 6) is 1.29. The molecule has 0 aromatic carbocycles. The maximum absolute atomic E-state index is 13.5. The molecule has 0 saturated heterocycles. The smallest absolute Gasteiger partial charge is 0.330 e. The van der Waals surface area contributed by atoms with Gasteiger partial charge in [-0.15, -0.1) is 0 Å². The molecular formula is C24H34O4. The number of hydrogen-bond acceptors (Lipinski definition) is 4. The molecule has 3 fully saturated rings. The first-order chi connectivity index (χ1) is 13.0. The molecule has 0 radical (unpaired) electrons. The van der Waals surface area contributed by atoms with E-state index in [9.17, 15) is 14.7 Å². The van der Waals surface area contributed by atoms with Gasteiger partial charge < -0.3 is 9.84 Å². The molecule has 3 saturated carbocycles. The number of Topliss-reactive ketones (excluding diaryl/α,β-unsaturated/α-hetero) is 1. The Hall–Kier alpha value is -1.42. The van der Waals surface area contributed by atoms with E-state index in [1.807, 2.05) is 13.0 Å². The van der Waals surface area contributed by atoms with Crippen LogP contribution in [-0.2, 0) is 14.3 Å². The van der Waals surface area contributed by atoms with E-state index in [1.165, 1.54) is 18.8 Å². The Labute approximate surface area is 168 Å². The molecule has 28 heavy (non-hydrogen) atoms. The van der Waals surface area contributed by atoms with Crippen molar-refractivity contribution in [2.45, 2.75) is 65.4 Å². The van der Waals surface area contributed by atoms with Gasteiger partial charge in [0.2, 0.25) is 0 Å². The average molecular weight is 387 g/mol. The van der Waals surface area contributed by atoms with Gasteiger partial charge in [-0.1, -0.05) is 38.5 Å². The minimum absolute atomic E-state index is 0.0499. The lowest BCUT2D eigenvalue weighted by molar-refractivity contribution is -0.137. The number of fused-ring (bicyclic) bond motifs is 5. The second kappa shape index (κ2) is 6.29. The average Bonchev–Trinajstić information content (AvgIpc) is 3.20. The highest BCUT2D eigenvalue weighted by atomic mass is 16.5. The number of allylic oxidation sites excluding steroid dienone is 3. The van der Waals surface area contributed by atoms with Gasteiger partial charge in [-0.2, -0.15) is 0 Å². The van der Waals surface area contributed by atoms with Crippen LogP contribution in [0.1, 0.15) is 59.8 Å². The van der Waals surface area contributed by atoms with Crippen LogP contribution in [0.4, 0.5) is 0 Å². The molecule has 4 nitrogen and oxygen atoms in total. The van der Waals surface area contributed by atoms with E-state index >= 15 is 0 Å². The highest BCUT2D eigenvalue weighted by Crippen LogP contribution is 2.70. The molecule has 0 aliphatic heterocycles. The molecule has 0 aromatic rings. The molecule has 154 valence electrons. The van der Waals surface area contributed by atoms with Gasteiger partial charge in [0.05, 0.1) is 12.7 Å². The summed E-state index contributed by atoms with van der Waals surface area (Å²) in [6.45, 7) is 8.59. The largest absolute Gasteiger partial charge is 0.466 e. The minimum atomic E-state index is -0.645. The van der Waals surface area contributed by atoms with Crippen molar-refractivity contribution in [3.8, 4) is 0 Å². The standard InChI is InChI=1S/C24H34O4/c1-14(6-9-20(26)28-5)16-7-8-17-15-12-19-22(2,10-11-24(19,4)27)21(15)18(25)13-23(16,17)3/h6-7,9,14-15,17,19,21,27H,8,10-13H2,1-5H3/b9-6+/t14-,15+,17+,19?,21-,22+,23-,24+/m1/s1. The summed E-state index contributed by atoms with van der Waals surface area (Å²) >= 11 is 0. The first-order valence-corrected chi connectivity index (χ1v) is 10.8. The SMILES string of the molecule is COC(=O)/C=C/[C@@H](C)C1=CC[C@H]2[C@@H]3CC4[C@@](C)(O)CC[C@]4(C)[C@H]3C(=O)C[C@]12C. The Balaban J connectivity index is 1.62. The fourth-order valence-corrected chi connectivity index (χ4v) is 7.79. The Morgan fingerprint density at radius 3 is 2.71 bits per heavy atom. The molecule has 0 bridgehead atoms. The maximum atomic E-state index is 13.5. The number of carbonyl (C=O) groups excluding carboxylic acids is 2. The highest BCUT2D eigenvalue weighted by Gasteiger charge is 2.68. The van der Waals surface area contributed by atoms with E-state index in [2.05, 4.69) is 26.8 Å². The van der Waals surface area contributed by atoms with E-state index < -0.39 is 5.60 Å². The predicted octanol–water partition coefficient (Wildman–Crippen LogP) is 4.08. The van der Waals surface area contributed by atoms with Gasteiger partial charge in [-0.3, -0.25) is 4.79 Å². The van der Waals surface area contributed by atoms with E-state index in [0.717, 1.165) is 25.7 Å². The van der Waals surface area contributed by atoms with Gasteiger partial charge in [0.15, 0.2) is 0 Å². The third-order valence-corrected chi connectivity index (χ3v) is 9.05. The van der Waals surface area contributed by atoms with Crippen molar-refractivity contribution in [1.82, 2.24) is 0 Å². The van der Waals surface area contributed by atoms with E-state index in [1.54, 1.807) is 0 Å². The summed E-state index contributed by atoms with van der Waals surface area (Å²) in [7, 11) is 1.38. The molecule has 4 rings (SSSR count). The van der Waals surface area contributed by atoms with E-state index in [4.69, 9.17) is 4.74 Å². The van der Waals surface area contributed by atoms with Crippen LogP contribution in [0, 0.1) is 40.4 Å². The topological polar surface area (TPSA) is 63.6 Å². The molecule has 0 spiro atoms. The summed E-state index contributed by atoms with van der Waals surface area (Å²) in [6, 6.07) is 0. The zero-order valence-electron chi connectivity index (χ0n) is 17.8. The Morgan fingerprint density at radius 1 is 1.32 bits per heavy atom. The van der Waals surface area contributed by atoms with Gasteiger partial charge in [0.1, 0.15) is 5.78 Å². The minimum Gasteiger partial charge on any atom is -0.466 e. The number of ketones is 1. The molecule has 8 atom stereocenters. The Bertz CT molecular complexity index is 763. The Morgan fingerprint density at radius 2 is 2.04 bits per heavy atom. The predicted molar refractivity (Wildman–Crippen MR) is 107 cm³/mol. The molecule has 0 aromatic heterocycles. The third kappa shape index (κ3) is 2.59. The van der Waals surface area contributed by atoms with Crippen LogP contribution in [0.3, 0.4) is 0 Å².